The molecule has 16 heavy (non-hydrogen) atoms. The Kier molecular flexibility index (Phi) is 2.86. The number of ether oxygens (including phenoxy) is 1. The second kappa shape index (κ2) is 4.48. The molecule has 0 saturated heterocycles. The Balaban J connectivity index is 2.16. The highest BCUT2D eigenvalue weighted by atomic mass is 16.5. The van der Waals surface area contributed by atoms with E-state index in [1.165, 1.54) is 0 Å². The van der Waals surface area contributed by atoms with Crippen molar-refractivity contribution in [2.75, 3.05) is 12.8 Å². The maximum atomic E-state index is 5.30. The van der Waals surface area contributed by atoms with Crippen molar-refractivity contribution in [3.05, 3.63) is 35.7 Å². The molecule has 1 aromatic heterocycles. The van der Waals surface area contributed by atoms with Gasteiger partial charge in [0.1, 0.15) is 5.75 Å². The van der Waals surface area contributed by atoms with Crippen molar-refractivity contribution in [3.8, 4) is 5.75 Å². The molecular formula is C11H11N3O2. The predicted molar refractivity (Wildman–Crippen MR) is 60.6 cm³/mol. The van der Waals surface area contributed by atoms with Crippen LogP contribution >= 0.6 is 0 Å². The normalized spacial score (nSPS) is 10.8. The van der Waals surface area contributed by atoms with E-state index in [1.54, 1.807) is 13.2 Å². The first-order valence-corrected chi connectivity index (χ1v) is 4.69. The summed E-state index contributed by atoms with van der Waals surface area (Å²) in [5, 5.41) is 7.26. The van der Waals surface area contributed by atoms with Gasteiger partial charge in [-0.05, 0) is 23.8 Å². The maximum absolute atomic E-state index is 5.30. The number of nitrogens with two attached hydrogens (primary N) is 1. The minimum Gasteiger partial charge on any atom is -0.497 e. The van der Waals surface area contributed by atoms with E-state index in [1.807, 2.05) is 30.3 Å². The molecular weight excluding hydrogens is 206 g/mol. The van der Waals surface area contributed by atoms with Crippen LogP contribution < -0.4 is 10.5 Å². The molecule has 82 valence electrons. The lowest BCUT2D eigenvalue weighted by atomic mass is 10.2. The van der Waals surface area contributed by atoms with Gasteiger partial charge in [0.05, 0.1) is 7.11 Å². The van der Waals surface area contributed by atoms with Crippen molar-refractivity contribution in [3.63, 3.8) is 0 Å². The summed E-state index contributed by atoms with van der Waals surface area (Å²) in [5.41, 5.74) is 6.28. The number of hydrogen-bond acceptors (Lipinski definition) is 5. The Hall–Kier alpha value is -2.30. The first kappa shape index (κ1) is 10.2. The van der Waals surface area contributed by atoms with Crippen LogP contribution in [0.2, 0.25) is 0 Å². The summed E-state index contributed by atoms with van der Waals surface area (Å²) in [6, 6.07) is 7.68. The van der Waals surface area contributed by atoms with Crippen LogP contribution in [-0.2, 0) is 0 Å². The molecule has 0 fully saturated rings. The lowest BCUT2D eigenvalue weighted by molar-refractivity contribution is 0.414. The lowest BCUT2D eigenvalue weighted by Gasteiger charge is -1.99. The molecule has 2 rings (SSSR count). The highest BCUT2D eigenvalue weighted by Crippen LogP contribution is 2.15. The summed E-state index contributed by atoms with van der Waals surface area (Å²) in [7, 11) is 1.63. The fraction of sp³-hybridized carbons (Fsp3) is 0.0909. The number of benzene rings is 1. The van der Waals surface area contributed by atoms with Gasteiger partial charge in [-0.25, -0.2) is 0 Å². The second-order valence-corrected chi connectivity index (χ2v) is 3.09. The van der Waals surface area contributed by atoms with E-state index in [0.29, 0.717) is 5.89 Å². The van der Waals surface area contributed by atoms with Crippen molar-refractivity contribution < 1.29 is 9.15 Å². The highest BCUT2D eigenvalue weighted by molar-refractivity contribution is 5.66. The van der Waals surface area contributed by atoms with Crippen molar-refractivity contribution in [1.29, 1.82) is 0 Å². The molecule has 5 nitrogen and oxygen atoms in total. The molecule has 1 heterocycles. The van der Waals surface area contributed by atoms with Gasteiger partial charge in [0.15, 0.2) is 0 Å². The van der Waals surface area contributed by atoms with E-state index < -0.39 is 0 Å². The van der Waals surface area contributed by atoms with Crippen LogP contribution in [0, 0.1) is 0 Å². The van der Waals surface area contributed by atoms with Gasteiger partial charge in [0, 0.05) is 6.08 Å². The molecule has 0 amide bonds. The van der Waals surface area contributed by atoms with Crippen LogP contribution in [-0.4, -0.2) is 17.3 Å². The Morgan fingerprint density at radius 3 is 2.88 bits per heavy atom. The molecule has 0 bridgehead atoms. The molecule has 5 heteroatoms. The smallest absolute Gasteiger partial charge is 0.313 e. The van der Waals surface area contributed by atoms with Crippen LogP contribution in [0.25, 0.3) is 12.2 Å². The zero-order chi connectivity index (χ0) is 11.4. The van der Waals surface area contributed by atoms with Gasteiger partial charge in [-0.3, -0.25) is 0 Å². The van der Waals surface area contributed by atoms with E-state index in [4.69, 9.17) is 14.9 Å². The predicted octanol–water partition coefficient (Wildman–Crippen LogP) is 1.83. The SMILES string of the molecule is COc1cccc(C=Cc2nnc(N)o2)c1. The molecule has 0 unspecified atom stereocenters. The second-order valence-electron chi connectivity index (χ2n) is 3.09. The van der Waals surface area contributed by atoms with Gasteiger partial charge in [0.25, 0.3) is 0 Å². The zero-order valence-corrected chi connectivity index (χ0v) is 8.75. The van der Waals surface area contributed by atoms with E-state index >= 15 is 0 Å². The molecule has 0 aliphatic heterocycles. The average Bonchev–Trinajstić information content (AvgIpc) is 2.73. The van der Waals surface area contributed by atoms with Crippen molar-refractivity contribution >= 4 is 18.2 Å². The molecule has 0 radical (unpaired) electrons. The van der Waals surface area contributed by atoms with Crippen LogP contribution in [0.3, 0.4) is 0 Å². The number of nitrogens with zero attached hydrogens (tertiary/aromatic N) is 2. The van der Waals surface area contributed by atoms with Crippen molar-refractivity contribution in [1.82, 2.24) is 10.2 Å². The molecule has 2 N–H and O–H groups in total. The van der Waals surface area contributed by atoms with Gasteiger partial charge < -0.3 is 14.9 Å². The number of rotatable bonds is 3. The molecule has 1 aromatic carbocycles. The largest absolute Gasteiger partial charge is 0.497 e. The van der Waals surface area contributed by atoms with Crippen LogP contribution in [0.5, 0.6) is 5.75 Å². The fourth-order valence-corrected chi connectivity index (χ4v) is 1.23. The highest BCUT2D eigenvalue weighted by Gasteiger charge is 1.97. The minimum atomic E-state index is 0.0605. The van der Waals surface area contributed by atoms with Gasteiger partial charge in [-0.15, -0.1) is 5.10 Å². The van der Waals surface area contributed by atoms with Crippen molar-refractivity contribution in [2.24, 2.45) is 0 Å². The van der Waals surface area contributed by atoms with E-state index in [0.717, 1.165) is 11.3 Å². The number of aromatic nitrogens is 2. The van der Waals surface area contributed by atoms with E-state index in [2.05, 4.69) is 10.2 Å². The third kappa shape index (κ3) is 2.38. The standard InChI is InChI=1S/C11H11N3O2/c1-15-9-4-2-3-8(7-9)5-6-10-13-14-11(12)16-10/h2-7H,1H3,(H2,12,14). The monoisotopic (exact) mass is 217 g/mol. The third-order valence-electron chi connectivity index (χ3n) is 1.97. The number of methoxy groups -OCH3 is 1. The third-order valence-corrected chi connectivity index (χ3v) is 1.97. The Morgan fingerprint density at radius 2 is 2.19 bits per heavy atom. The number of anilines is 1. The van der Waals surface area contributed by atoms with Gasteiger partial charge in [-0.1, -0.05) is 17.2 Å². The van der Waals surface area contributed by atoms with Crippen LogP contribution in [0.15, 0.2) is 28.7 Å². The van der Waals surface area contributed by atoms with Gasteiger partial charge in [-0.2, -0.15) is 0 Å². The van der Waals surface area contributed by atoms with Gasteiger partial charge >= 0.3 is 6.01 Å². The summed E-state index contributed by atoms with van der Waals surface area (Å²) < 4.78 is 10.1. The Morgan fingerprint density at radius 1 is 1.31 bits per heavy atom. The van der Waals surface area contributed by atoms with Crippen LogP contribution in [0.4, 0.5) is 6.01 Å². The summed E-state index contributed by atoms with van der Waals surface area (Å²) >= 11 is 0. The molecule has 0 spiro atoms. The average molecular weight is 217 g/mol. The molecule has 0 saturated carbocycles. The van der Waals surface area contributed by atoms with Gasteiger partial charge in [0.2, 0.25) is 5.89 Å². The Labute approximate surface area is 92.5 Å². The quantitative estimate of drug-likeness (QED) is 0.848. The van der Waals surface area contributed by atoms with Crippen molar-refractivity contribution in [2.45, 2.75) is 0 Å². The molecule has 0 aliphatic carbocycles. The first-order valence-electron chi connectivity index (χ1n) is 4.69. The zero-order valence-electron chi connectivity index (χ0n) is 8.75. The summed E-state index contributed by atoms with van der Waals surface area (Å²) in [5.74, 6) is 1.17. The Bertz CT molecular complexity index is 505. The van der Waals surface area contributed by atoms with E-state index in [-0.39, 0.29) is 6.01 Å². The summed E-state index contributed by atoms with van der Waals surface area (Å²) in [6.45, 7) is 0. The lowest BCUT2D eigenvalue weighted by Crippen LogP contribution is -1.82. The van der Waals surface area contributed by atoms with Crippen LogP contribution in [0.1, 0.15) is 11.5 Å². The molecule has 0 aliphatic rings. The number of nitrogen functional groups attached to an aromatic ring is 1. The maximum Gasteiger partial charge on any atom is 0.313 e. The topological polar surface area (TPSA) is 74.2 Å². The molecule has 2 aromatic rings. The minimum absolute atomic E-state index is 0.0605. The summed E-state index contributed by atoms with van der Waals surface area (Å²) in [4.78, 5) is 0. The fourth-order valence-electron chi connectivity index (χ4n) is 1.23. The molecule has 0 atom stereocenters. The van der Waals surface area contributed by atoms with E-state index in [9.17, 15) is 0 Å². The summed E-state index contributed by atoms with van der Waals surface area (Å²) in [6.07, 6.45) is 3.54. The number of hydrogen-bond donors (Lipinski definition) is 1. The first-order chi connectivity index (χ1) is 7.78.